The van der Waals surface area contributed by atoms with Crippen molar-refractivity contribution in [2.24, 2.45) is 11.8 Å². The molecule has 0 amide bonds. The van der Waals surface area contributed by atoms with Crippen LogP contribution >= 0.6 is 0 Å². The maximum atomic E-state index is 2.64. The minimum Gasteiger partial charge on any atom is -0.341 e. The van der Waals surface area contributed by atoms with Gasteiger partial charge in [0.2, 0.25) is 0 Å². The maximum Gasteiger partial charge on any atom is 0.0490 e. The number of para-hydroxylation sites is 2. The third kappa shape index (κ3) is 5.76. The SMILES string of the molecule is CC1Cc2ccccc2N(C2=CC3C(C=C2)c2ccc(/C=C/c4ccc5c(c4)C4(CC6=C(CCC=C6)C4)c4cc(N6CCCc7ccccc76)ccc4-5)cc2C3(C)C)C2=C1C=CCC2. The minimum absolute atomic E-state index is 0.00785. The summed E-state index contributed by atoms with van der Waals surface area (Å²) in [4.78, 5) is 5.22. The van der Waals surface area contributed by atoms with Crippen molar-refractivity contribution in [3.63, 3.8) is 0 Å². The Bertz CT molecular complexity index is 3030. The molecule has 64 heavy (non-hydrogen) atoms. The first-order chi connectivity index (χ1) is 31.3. The molecule has 0 radical (unpaired) electrons. The van der Waals surface area contributed by atoms with Crippen LogP contribution in [0.5, 0.6) is 0 Å². The van der Waals surface area contributed by atoms with Crippen LogP contribution in [0.15, 0.2) is 174 Å². The van der Waals surface area contributed by atoms with E-state index in [1.807, 2.05) is 0 Å². The monoisotopic (exact) mass is 830 g/mol. The zero-order valence-electron chi connectivity index (χ0n) is 37.7. The van der Waals surface area contributed by atoms with Crippen LogP contribution in [0.3, 0.4) is 0 Å². The Kier molecular flexibility index (Phi) is 8.66. The highest BCUT2D eigenvalue weighted by Gasteiger charge is 2.49. The fourth-order valence-corrected chi connectivity index (χ4v) is 13.7. The lowest BCUT2D eigenvalue weighted by Gasteiger charge is -2.36. The molecule has 0 saturated carbocycles. The van der Waals surface area contributed by atoms with Gasteiger partial charge in [0.25, 0.3) is 0 Å². The molecule has 0 N–H and O–H groups in total. The fourth-order valence-electron chi connectivity index (χ4n) is 13.7. The van der Waals surface area contributed by atoms with E-state index >= 15 is 0 Å². The molecule has 0 aromatic heterocycles. The largest absolute Gasteiger partial charge is 0.341 e. The summed E-state index contributed by atoms with van der Waals surface area (Å²) in [7, 11) is 0. The molecule has 316 valence electrons. The lowest BCUT2D eigenvalue weighted by molar-refractivity contribution is 0.392. The summed E-state index contributed by atoms with van der Waals surface area (Å²) in [5, 5.41) is 0. The van der Waals surface area contributed by atoms with E-state index in [1.54, 1.807) is 11.1 Å². The van der Waals surface area contributed by atoms with Gasteiger partial charge in [0, 0.05) is 46.3 Å². The summed E-state index contributed by atoms with van der Waals surface area (Å²) in [5.74, 6) is 1.27. The highest BCUT2D eigenvalue weighted by Crippen LogP contribution is 2.61. The van der Waals surface area contributed by atoms with Crippen molar-refractivity contribution in [3.05, 3.63) is 218 Å². The molecule has 0 saturated heterocycles. The Hall–Kier alpha value is -6.12. The van der Waals surface area contributed by atoms with Gasteiger partial charge in [-0.3, -0.25) is 0 Å². The van der Waals surface area contributed by atoms with Crippen molar-refractivity contribution in [1.82, 2.24) is 0 Å². The number of hydrogen-bond donors (Lipinski definition) is 0. The number of aryl methyl sites for hydroxylation is 1. The van der Waals surface area contributed by atoms with Gasteiger partial charge in [-0.2, -0.15) is 0 Å². The fraction of sp³-hybridized carbons (Fsp3) is 0.290. The second-order valence-electron chi connectivity index (χ2n) is 20.7. The van der Waals surface area contributed by atoms with Gasteiger partial charge in [-0.15, -0.1) is 0 Å². The Balaban J connectivity index is 0.825. The zero-order chi connectivity index (χ0) is 42.7. The Morgan fingerprint density at radius 3 is 2.27 bits per heavy atom. The molecule has 4 atom stereocenters. The highest BCUT2D eigenvalue weighted by atomic mass is 15.2. The Labute approximate surface area is 380 Å². The van der Waals surface area contributed by atoms with Gasteiger partial charge < -0.3 is 9.80 Å². The van der Waals surface area contributed by atoms with Crippen LogP contribution in [0.25, 0.3) is 23.3 Å². The molecular formula is C62H58N2. The van der Waals surface area contributed by atoms with E-state index in [-0.39, 0.29) is 10.8 Å². The molecule has 2 heteroatoms. The van der Waals surface area contributed by atoms with Crippen LogP contribution in [-0.4, -0.2) is 6.54 Å². The van der Waals surface area contributed by atoms with Crippen molar-refractivity contribution in [2.45, 2.75) is 95.3 Å². The molecule has 4 unspecified atom stereocenters. The molecule has 8 aliphatic rings. The number of nitrogens with zero attached hydrogens (tertiary/aromatic N) is 2. The maximum absolute atomic E-state index is 2.64. The van der Waals surface area contributed by atoms with Crippen LogP contribution in [0.1, 0.15) is 116 Å². The molecule has 2 nitrogen and oxygen atoms in total. The van der Waals surface area contributed by atoms with E-state index in [1.165, 1.54) is 103 Å². The van der Waals surface area contributed by atoms with Crippen molar-refractivity contribution >= 4 is 29.2 Å². The lowest BCUT2D eigenvalue weighted by Crippen LogP contribution is -2.30. The molecule has 13 rings (SSSR count). The molecule has 2 heterocycles. The molecule has 5 aromatic carbocycles. The van der Waals surface area contributed by atoms with Crippen LogP contribution in [0.2, 0.25) is 0 Å². The quantitative estimate of drug-likeness (QED) is 0.167. The normalized spacial score (nSPS) is 25.4. The van der Waals surface area contributed by atoms with Gasteiger partial charge >= 0.3 is 0 Å². The van der Waals surface area contributed by atoms with Gasteiger partial charge in [0.1, 0.15) is 0 Å². The summed E-state index contributed by atoms with van der Waals surface area (Å²) >= 11 is 0. The van der Waals surface area contributed by atoms with Gasteiger partial charge in [-0.25, -0.2) is 0 Å². The molecular weight excluding hydrogens is 773 g/mol. The molecule has 6 aliphatic carbocycles. The van der Waals surface area contributed by atoms with Crippen LogP contribution in [0.4, 0.5) is 17.1 Å². The predicted molar refractivity (Wildman–Crippen MR) is 268 cm³/mol. The summed E-state index contributed by atoms with van der Waals surface area (Å²) in [5.41, 5.74) is 26.0. The molecule has 5 aromatic rings. The first-order valence-corrected chi connectivity index (χ1v) is 24.4. The number of anilines is 3. The molecule has 1 spiro atoms. The summed E-state index contributed by atoms with van der Waals surface area (Å²) in [6.45, 7) is 8.46. The van der Waals surface area contributed by atoms with Gasteiger partial charge in [0.15, 0.2) is 0 Å². The minimum atomic E-state index is -0.0214. The second-order valence-corrected chi connectivity index (χ2v) is 20.7. The van der Waals surface area contributed by atoms with Crippen molar-refractivity contribution < 1.29 is 0 Å². The predicted octanol–water partition coefficient (Wildman–Crippen LogP) is 15.4. The number of hydrogen-bond acceptors (Lipinski definition) is 2. The number of fused-ring (bicyclic) bond motifs is 10. The van der Waals surface area contributed by atoms with E-state index in [4.69, 9.17) is 0 Å². The van der Waals surface area contributed by atoms with E-state index in [2.05, 4.69) is 188 Å². The first kappa shape index (κ1) is 38.3. The second kappa shape index (κ2) is 14.4. The third-order valence-corrected chi connectivity index (χ3v) is 16.8. The topological polar surface area (TPSA) is 6.48 Å². The van der Waals surface area contributed by atoms with E-state index in [0.29, 0.717) is 17.8 Å². The van der Waals surface area contributed by atoms with Crippen molar-refractivity contribution in [2.75, 3.05) is 16.3 Å². The van der Waals surface area contributed by atoms with Crippen LogP contribution in [0, 0.1) is 11.8 Å². The Morgan fingerprint density at radius 1 is 0.672 bits per heavy atom. The number of allylic oxidation sites excluding steroid dienone is 11. The number of benzene rings is 5. The molecule has 2 aliphatic heterocycles. The number of rotatable bonds is 4. The first-order valence-electron chi connectivity index (χ1n) is 24.4. The highest BCUT2D eigenvalue weighted by molar-refractivity contribution is 5.87. The molecule has 0 fully saturated rings. The van der Waals surface area contributed by atoms with E-state index < -0.39 is 0 Å². The van der Waals surface area contributed by atoms with Crippen LogP contribution in [-0.2, 0) is 23.7 Å². The van der Waals surface area contributed by atoms with Gasteiger partial charge in [0.05, 0.1) is 0 Å². The third-order valence-electron chi connectivity index (χ3n) is 16.8. The van der Waals surface area contributed by atoms with Gasteiger partial charge in [-0.05, 0) is 172 Å². The summed E-state index contributed by atoms with van der Waals surface area (Å²) in [6, 6.07) is 40.3. The summed E-state index contributed by atoms with van der Waals surface area (Å²) in [6.07, 6.45) is 32.2. The average Bonchev–Trinajstić information content (AvgIpc) is 3.89. The summed E-state index contributed by atoms with van der Waals surface area (Å²) < 4.78 is 0. The molecule has 0 bridgehead atoms. The zero-order valence-corrected chi connectivity index (χ0v) is 37.7. The van der Waals surface area contributed by atoms with E-state index in [0.717, 1.165) is 51.5 Å². The van der Waals surface area contributed by atoms with Crippen molar-refractivity contribution in [1.29, 1.82) is 0 Å². The standard InChI is InChI=1S/C62H58N2/c1-40-33-44-14-7-10-20-59(44)64(60-21-11-8-18-49(40)60)48-27-31-51-50-28-24-41(34-54(50)61(2,3)55(51)37-48)22-23-42-25-29-52-53-30-26-47(63-32-12-17-43-13-6-9-19-58(43)63)36-57(53)62(56(52)35-42)38-45-15-4-5-16-46(45)39-62/h4,6-10,13-15,18-20,22-31,34-37,40,51,55H,5,11-12,16-17,21,32-33,38-39H2,1-3H3/b23-22+. The Morgan fingerprint density at radius 2 is 1.41 bits per heavy atom. The smallest absolute Gasteiger partial charge is 0.0490 e. The van der Waals surface area contributed by atoms with Crippen LogP contribution < -0.4 is 9.80 Å². The average molecular weight is 831 g/mol. The van der Waals surface area contributed by atoms with Gasteiger partial charge in [-0.1, -0.05) is 154 Å². The van der Waals surface area contributed by atoms with E-state index in [9.17, 15) is 0 Å². The lowest BCUT2D eigenvalue weighted by atomic mass is 9.73. The van der Waals surface area contributed by atoms with Crippen molar-refractivity contribution in [3.8, 4) is 11.1 Å².